The predicted molar refractivity (Wildman–Crippen MR) is 98.2 cm³/mol. The number of amides is 2. The summed E-state index contributed by atoms with van der Waals surface area (Å²) in [4.78, 5) is 32.2. The van der Waals surface area contributed by atoms with Gasteiger partial charge in [0, 0.05) is 29.8 Å². The summed E-state index contributed by atoms with van der Waals surface area (Å²) in [6.07, 6.45) is -0.327. The molecule has 1 saturated heterocycles. The third-order valence-corrected chi connectivity index (χ3v) is 5.99. The second-order valence-corrected chi connectivity index (χ2v) is 8.19. The standard InChI is InChI=1S/C17H15BrClF3N4O2/c18-9-6-11(17(20,21)22)15-23-13(14(19)26(15)7-9)16(28)24-4-5-25(12(27)8-24)10-2-1-3-10/h6-7,10H,1-5,8H2. The van der Waals surface area contributed by atoms with Gasteiger partial charge in [0.15, 0.2) is 11.3 Å². The number of rotatable bonds is 2. The Labute approximate surface area is 171 Å². The molecule has 0 atom stereocenters. The molecule has 28 heavy (non-hydrogen) atoms. The molecule has 150 valence electrons. The highest BCUT2D eigenvalue weighted by Crippen LogP contribution is 2.36. The molecule has 0 bridgehead atoms. The fraction of sp³-hybridized carbons (Fsp3) is 0.471. The number of hydrogen-bond donors (Lipinski definition) is 0. The lowest BCUT2D eigenvalue weighted by molar-refractivity contribution is -0.139. The Morgan fingerprint density at radius 2 is 2.00 bits per heavy atom. The van der Waals surface area contributed by atoms with Gasteiger partial charge in [-0.25, -0.2) is 4.98 Å². The van der Waals surface area contributed by atoms with E-state index in [0.717, 1.165) is 29.7 Å². The molecule has 1 aliphatic heterocycles. The van der Waals surface area contributed by atoms with Crippen molar-refractivity contribution in [1.29, 1.82) is 0 Å². The molecule has 2 aromatic rings. The van der Waals surface area contributed by atoms with Crippen LogP contribution in [0.1, 0.15) is 35.3 Å². The van der Waals surface area contributed by atoms with E-state index in [1.807, 2.05) is 0 Å². The highest BCUT2D eigenvalue weighted by Gasteiger charge is 2.38. The molecule has 0 unspecified atom stereocenters. The molecular formula is C17H15BrClF3N4O2. The molecular weight excluding hydrogens is 465 g/mol. The molecule has 0 aromatic carbocycles. The van der Waals surface area contributed by atoms with Crippen molar-refractivity contribution in [3.63, 3.8) is 0 Å². The molecule has 4 rings (SSSR count). The van der Waals surface area contributed by atoms with Gasteiger partial charge in [0.1, 0.15) is 11.7 Å². The average molecular weight is 480 g/mol. The summed E-state index contributed by atoms with van der Waals surface area (Å²) in [5.74, 6) is -0.817. The van der Waals surface area contributed by atoms with Gasteiger partial charge < -0.3 is 9.80 Å². The van der Waals surface area contributed by atoms with Crippen molar-refractivity contribution in [2.75, 3.05) is 19.6 Å². The van der Waals surface area contributed by atoms with Crippen LogP contribution in [-0.2, 0) is 11.0 Å². The summed E-state index contributed by atoms with van der Waals surface area (Å²) in [7, 11) is 0. The van der Waals surface area contributed by atoms with Gasteiger partial charge in [-0.05, 0) is 41.3 Å². The number of nitrogens with zero attached hydrogens (tertiary/aromatic N) is 4. The van der Waals surface area contributed by atoms with Crippen molar-refractivity contribution in [2.24, 2.45) is 0 Å². The summed E-state index contributed by atoms with van der Waals surface area (Å²) < 4.78 is 41.2. The molecule has 2 aromatic heterocycles. The van der Waals surface area contributed by atoms with Crippen LogP contribution in [0.2, 0.25) is 5.15 Å². The van der Waals surface area contributed by atoms with E-state index < -0.39 is 23.3 Å². The number of aromatic nitrogens is 2. The molecule has 1 aliphatic carbocycles. The zero-order valence-corrected chi connectivity index (χ0v) is 16.8. The maximum absolute atomic E-state index is 13.3. The van der Waals surface area contributed by atoms with E-state index in [-0.39, 0.29) is 33.8 Å². The molecule has 2 fully saturated rings. The van der Waals surface area contributed by atoms with E-state index in [4.69, 9.17) is 11.6 Å². The lowest BCUT2D eigenvalue weighted by Crippen LogP contribution is -2.56. The molecule has 3 heterocycles. The highest BCUT2D eigenvalue weighted by atomic mass is 79.9. The summed E-state index contributed by atoms with van der Waals surface area (Å²) in [5.41, 5.74) is -1.76. The maximum Gasteiger partial charge on any atom is 0.420 e. The number of halogens is 5. The van der Waals surface area contributed by atoms with E-state index >= 15 is 0 Å². The van der Waals surface area contributed by atoms with Crippen LogP contribution in [0.3, 0.4) is 0 Å². The summed E-state index contributed by atoms with van der Waals surface area (Å²) in [6.45, 7) is 0.566. The first kappa shape index (κ1) is 19.5. The molecule has 2 aliphatic rings. The van der Waals surface area contributed by atoms with Gasteiger partial charge in [0.2, 0.25) is 5.91 Å². The van der Waals surface area contributed by atoms with Crippen LogP contribution < -0.4 is 0 Å². The fourth-order valence-electron chi connectivity index (χ4n) is 3.52. The first-order valence-electron chi connectivity index (χ1n) is 8.70. The van der Waals surface area contributed by atoms with Crippen molar-refractivity contribution in [2.45, 2.75) is 31.5 Å². The second kappa shape index (κ2) is 6.91. The third-order valence-electron chi connectivity index (χ3n) is 5.20. The van der Waals surface area contributed by atoms with Crippen LogP contribution in [0.5, 0.6) is 0 Å². The minimum Gasteiger partial charge on any atom is -0.336 e. The molecule has 2 amide bonds. The van der Waals surface area contributed by atoms with Gasteiger partial charge >= 0.3 is 6.18 Å². The lowest BCUT2D eigenvalue weighted by atomic mass is 9.91. The Morgan fingerprint density at radius 1 is 1.29 bits per heavy atom. The Bertz CT molecular complexity index is 973. The largest absolute Gasteiger partial charge is 0.420 e. The average Bonchev–Trinajstić information content (AvgIpc) is 2.89. The monoisotopic (exact) mass is 478 g/mol. The smallest absolute Gasteiger partial charge is 0.336 e. The quantitative estimate of drug-likeness (QED) is 0.661. The predicted octanol–water partition coefficient (Wildman–Crippen LogP) is 3.61. The van der Waals surface area contributed by atoms with Gasteiger partial charge in [-0.15, -0.1) is 0 Å². The molecule has 0 spiro atoms. The van der Waals surface area contributed by atoms with Crippen molar-refractivity contribution >= 4 is 45.0 Å². The SMILES string of the molecule is O=C(c1nc2c(C(F)(F)F)cc(Br)cn2c1Cl)N1CCN(C2CCC2)C(=O)C1. The highest BCUT2D eigenvalue weighted by molar-refractivity contribution is 9.10. The lowest BCUT2D eigenvalue weighted by Gasteiger charge is -2.42. The summed E-state index contributed by atoms with van der Waals surface area (Å²) >= 11 is 9.20. The normalized spacial score (nSPS) is 18.7. The summed E-state index contributed by atoms with van der Waals surface area (Å²) in [5, 5.41) is -0.222. The summed E-state index contributed by atoms with van der Waals surface area (Å²) in [6, 6.07) is 1.11. The van der Waals surface area contributed by atoms with Crippen LogP contribution in [0.25, 0.3) is 5.65 Å². The minimum atomic E-state index is -4.66. The second-order valence-electron chi connectivity index (χ2n) is 6.91. The topological polar surface area (TPSA) is 57.9 Å². The Kier molecular flexibility index (Phi) is 4.81. The van der Waals surface area contributed by atoms with Crippen LogP contribution in [0.15, 0.2) is 16.7 Å². The zero-order chi connectivity index (χ0) is 20.2. The zero-order valence-electron chi connectivity index (χ0n) is 14.5. The Morgan fingerprint density at radius 3 is 2.57 bits per heavy atom. The van der Waals surface area contributed by atoms with Crippen LogP contribution in [0.4, 0.5) is 13.2 Å². The Hall–Kier alpha value is -1.81. The number of carbonyl (C=O) groups is 2. The molecule has 0 radical (unpaired) electrons. The number of imidazole rings is 1. The maximum atomic E-state index is 13.3. The van der Waals surface area contributed by atoms with Crippen LogP contribution in [-0.4, -0.2) is 56.7 Å². The van der Waals surface area contributed by atoms with E-state index in [0.29, 0.717) is 13.1 Å². The Balaban J connectivity index is 1.65. The van der Waals surface area contributed by atoms with Crippen molar-refractivity contribution in [3.8, 4) is 0 Å². The van der Waals surface area contributed by atoms with Crippen molar-refractivity contribution in [1.82, 2.24) is 19.2 Å². The number of pyridine rings is 1. The minimum absolute atomic E-state index is 0.130. The number of hydrogen-bond acceptors (Lipinski definition) is 3. The number of alkyl halides is 3. The van der Waals surface area contributed by atoms with E-state index in [1.54, 1.807) is 4.90 Å². The van der Waals surface area contributed by atoms with Gasteiger partial charge in [-0.1, -0.05) is 11.6 Å². The molecule has 0 N–H and O–H groups in total. The van der Waals surface area contributed by atoms with Crippen molar-refractivity contribution < 1.29 is 22.8 Å². The first-order valence-corrected chi connectivity index (χ1v) is 9.87. The van der Waals surface area contributed by atoms with Gasteiger partial charge in [-0.3, -0.25) is 14.0 Å². The number of carbonyl (C=O) groups excluding carboxylic acids is 2. The van der Waals surface area contributed by atoms with E-state index in [1.165, 1.54) is 11.1 Å². The van der Waals surface area contributed by atoms with Crippen molar-refractivity contribution in [3.05, 3.63) is 33.1 Å². The van der Waals surface area contributed by atoms with Crippen LogP contribution in [0, 0.1) is 0 Å². The molecule has 6 nitrogen and oxygen atoms in total. The molecule has 11 heteroatoms. The number of fused-ring (bicyclic) bond motifs is 1. The van der Waals surface area contributed by atoms with Gasteiger partial charge in [0.05, 0.1) is 5.56 Å². The van der Waals surface area contributed by atoms with E-state index in [2.05, 4.69) is 20.9 Å². The third kappa shape index (κ3) is 3.26. The van der Waals surface area contributed by atoms with Gasteiger partial charge in [-0.2, -0.15) is 13.2 Å². The first-order chi connectivity index (χ1) is 13.2. The number of piperazine rings is 1. The van der Waals surface area contributed by atoms with Gasteiger partial charge in [0.25, 0.3) is 5.91 Å². The van der Waals surface area contributed by atoms with E-state index in [9.17, 15) is 22.8 Å². The fourth-order valence-corrected chi connectivity index (χ4v) is 4.21. The molecule has 1 saturated carbocycles. The van der Waals surface area contributed by atoms with Crippen LogP contribution >= 0.6 is 27.5 Å².